The maximum atomic E-state index is 12.7. The summed E-state index contributed by atoms with van der Waals surface area (Å²) in [5.74, 6) is -0.0741. The molecule has 0 fully saturated rings. The van der Waals surface area contributed by atoms with Gasteiger partial charge in [-0.05, 0) is 41.7 Å². The zero-order chi connectivity index (χ0) is 18.6. The number of hydrogen-bond acceptors (Lipinski definition) is 3. The van der Waals surface area contributed by atoms with E-state index in [2.05, 4.69) is 39.5 Å². The van der Waals surface area contributed by atoms with Crippen molar-refractivity contribution in [2.45, 2.75) is 26.4 Å². The summed E-state index contributed by atoms with van der Waals surface area (Å²) in [6.45, 7) is 4.71. The number of nitrogens with zero attached hydrogens (tertiary/aromatic N) is 2. The van der Waals surface area contributed by atoms with E-state index >= 15 is 0 Å². The van der Waals surface area contributed by atoms with Crippen molar-refractivity contribution in [3.05, 3.63) is 94.8 Å². The summed E-state index contributed by atoms with van der Waals surface area (Å²) < 4.78 is 0. The monoisotopic (exact) mass is 357 g/mol. The van der Waals surface area contributed by atoms with E-state index in [1.807, 2.05) is 43.5 Å². The normalized spacial score (nSPS) is 13.8. The minimum atomic E-state index is -0.0741. The van der Waals surface area contributed by atoms with Crippen molar-refractivity contribution in [3.8, 4) is 0 Å². The average Bonchev–Trinajstić information content (AvgIpc) is 2.69. The van der Waals surface area contributed by atoms with Gasteiger partial charge in [0.1, 0.15) is 0 Å². The van der Waals surface area contributed by atoms with Crippen molar-refractivity contribution >= 4 is 11.6 Å². The van der Waals surface area contributed by atoms with Crippen molar-refractivity contribution in [2.24, 2.45) is 0 Å². The lowest BCUT2D eigenvalue weighted by Gasteiger charge is -2.29. The number of carbonyl (C=O) groups is 1. The molecule has 4 rings (SSSR count). The lowest BCUT2D eigenvalue weighted by Crippen LogP contribution is -2.31. The minimum absolute atomic E-state index is 0.0741. The lowest BCUT2D eigenvalue weighted by molar-refractivity contribution is 0.102. The molecule has 1 amide bonds. The van der Waals surface area contributed by atoms with E-state index in [4.69, 9.17) is 0 Å². The first-order valence-corrected chi connectivity index (χ1v) is 9.30. The molecule has 0 radical (unpaired) electrons. The van der Waals surface area contributed by atoms with Gasteiger partial charge in [0.2, 0.25) is 0 Å². The number of pyridine rings is 1. The molecule has 1 aliphatic rings. The summed E-state index contributed by atoms with van der Waals surface area (Å²) in [6, 6.07) is 18.2. The molecule has 0 saturated carbocycles. The van der Waals surface area contributed by atoms with Crippen LogP contribution in [0.5, 0.6) is 0 Å². The van der Waals surface area contributed by atoms with Gasteiger partial charge in [0, 0.05) is 31.4 Å². The summed E-state index contributed by atoms with van der Waals surface area (Å²) in [7, 11) is 0. The molecule has 4 nitrogen and oxygen atoms in total. The van der Waals surface area contributed by atoms with Crippen molar-refractivity contribution in [1.29, 1.82) is 0 Å². The summed E-state index contributed by atoms with van der Waals surface area (Å²) in [5, 5.41) is 3.07. The van der Waals surface area contributed by atoms with Crippen LogP contribution in [-0.2, 0) is 19.5 Å². The smallest absolute Gasteiger partial charge is 0.255 e. The van der Waals surface area contributed by atoms with Gasteiger partial charge in [0.15, 0.2) is 0 Å². The number of nitrogens with one attached hydrogen (secondary N) is 1. The van der Waals surface area contributed by atoms with Crippen LogP contribution in [0.4, 0.5) is 5.69 Å². The van der Waals surface area contributed by atoms with Gasteiger partial charge in [0.25, 0.3) is 5.91 Å². The second-order valence-corrected chi connectivity index (χ2v) is 7.04. The Morgan fingerprint density at radius 1 is 1.07 bits per heavy atom. The summed E-state index contributed by atoms with van der Waals surface area (Å²) in [6.07, 6.45) is 4.60. The number of fused-ring (bicyclic) bond motifs is 1. The van der Waals surface area contributed by atoms with Crippen LogP contribution in [-0.4, -0.2) is 22.3 Å². The Kier molecular flexibility index (Phi) is 4.99. The molecule has 136 valence electrons. The van der Waals surface area contributed by atoms with Gasteiger partial charge in [-0.1, -0.05) is 48.5 Å². The molecule has 1 aromatic heterocycles. The van der Waals surface area contributed by atoms with Gasteiger partial charge in [-0.2, -0.15) is 0 Å². The van der Waals surface area contributed by atoms with E-state index in [0.29, 0.717) is 5.56 Å². The highest BCUT2D eigenvalue weighted by Gasteiger charge is 2.20. The van der Waals surface area contributed by atoms with Crippen molar-refractivity contribution in [1.82, 2.24) is 9.88 Å². The quantitative estimate of drug-likeness (QED) is 0.761. The van der Waals surface area contributed by atoms with E-state index in [-0.39, 0.29) is 5.91 Å². The van der Waals surface area contributed by atoms with Crippen LogP contribution in [0.1, 0.15) is 32.6 Å². The van der Waals surface area contributed by atoms with E-state index < -0.39 is 0 Å². The van der Waals surface area contributed by atoms with Gasteiger partial charge in [-0.3, -0.25) is 14.7 Å². The molecule has 0 aliphatic carbocycles. The van der Waals surface area contributed by atoms with Gasteiger partial charge in [-0.25, -0.2) is 0 Å². The van der Waals surface area contributed by atoms with E-state index in [1.54, 1.807) is 6.20 Å². The summed E-state index contributed by atoms with van der Waals surface area (Å²) >= 11 is 0. The molecule has 0 unspecified atom stereocenters. The zero-order valence-electron chi connectivity index (χ0n) is 15.5. The van der Waals surface area contributed by atoms with E-state index in [9.17, 15) is 4.79 Å². The first-order valence-electron chi connectivity index (χ1n) is 9.30. The second-order valence-electron chi connectivity index (χ2n) is 7.04. The standard InChI is InChI=1S/C23H23N3O/c1-17-7-5-6-10-20(17)23(27)25-22-14-24-13-19-16-26(12-11-21(19)22)15-18-8-3-2-4-9-18/h2-10,13-14H,11-12,15-16H2,1H3,(H,25,27). The Labute approximate surface area is 159 Å². The van der Waals surface area contributed by atoms with Crippen molar-refractivity contribution in [2.75, 3.05) is 11.9 Å². The SMILES string of the molecule is Cc1ccccc1C(=O)Nc1cncc2c1CCN(Cc1ccccc1)C2. The molecule has 0 atom stereocenters. The highest BCUT2D eigenvalue weighted by atomic mass is 16.1. The van der Waals surface area contributed by atoms with Gasteiger partial charge in [-0.15, -0.1) is 0 Å². The molecule has 1 aliphatic heterocycles. The fraction of sp³-hybridized carbons (Fsp3) is 0.217. The van der Waals surface area contributed by atoms with Crippen LogP contribution >= 0.6 is 0 Å². The largest absolute Gasteiger partial charge is 0.320 e. The van der Waals surface area contributed by atoms with E-state index in [0.717, 1.165) is 37.3 Å². The van der Waals surface area contributed by atoms with Crippen LogP contribution in [0.15, 0.2) is 67.0 Å². The molecule has 4 heteroatoms. The van der Waals surface area contributed by atoms with Gasteiger partial charge >= 0.3 is 0 Å². The third-order valence-electron chi connectivity index (χ3n) is 5.11. The van der Waals surface area contributed by atoms with Gasteiger partial charge < -0.3 is 5.32 Å². The van der Waals surface area contributed by atoms with Crippen LogP contribution in [0.3, 0.4) is 0 Å². The average molecular weight is 357 g/mol. The number of hydrogen-bond donors (Lipinski definition) is 1. The molecule has 2 heterocycles. The molecule has 0 bridgehead atoms. The van der Waals surface area contributed by atoms with Gasteiger partial charge in [0.05, 0.1) is 11.9 Å². The van der Waals surface area contributed by atoms with E-state index in [1.165, 1.54) is 16.7 Å². The molecule has 0 spiro atoms. The number of rotatable bonds is 4. The predicted molar refractivity (Wildman–Crippen MR) is 108 cm³/mol. The Balaban J connectivity index is 1.50. The molecular weight excluding hydrogens is 334 g/mol. The first-order chi connectivity index (χ1) is 13.2. The first kappa shape index (κ1) is 17.4. The number of aryl methyl sites for hydroxylation is 1. The maximum absolute atomic E-state index is 12.7. The number of anilines is 1. The third kappa shape index (κ3) is 3.91. The zero-order valence-corrected chi connectivity index (χ0v) is 15.5. The summed E-state index contributed by atoms with van der Waals surface area (Å²) in [5.41, 5.74) is 6.23. The Morgan fingerprint density at radius 2 is 1.85 bits per heavy atom. The molecule has 1 N–H and O–H groups in total. The fourth-order valence-electron chi connectivity index (χ4n) is 3.65. The number of aromatic nitrogens is 1. The molecule has 27 heavy (non-hydrogen) atoms. The highest BCUT2D eigenvalue weighted by Crippen LogP contribution is 2.26. The number of amides is 1. The fourth-order valence-corrected chi connectivity index (χ4v) is 3.65. The van der Waals surface area contributed by atoms with Crippen molar-refractivity contribution < 1.29 is 4.79 Å². The molecule has 2 aromatic carbocycles. The number of carbonyl (C=O) groups excluding carboxylic acids is 1. The Hall–Kier alpha value is -2.98. The molecular formula is C23H23N3O. The summed E-state index contributed by atoms with van der Waals surface area (Å²) in [4.78, 5) is 19.5. The molecule has 0 saturated heterocycles. The highest BCUT2D eigenvalue weighted by molar-refractivity contribution is 6.05. The Morgan fingerprint density at radius 3 is 2.67 bits per heavy atom. The van der Waals surface area contributed by atoms with Crippen LogP contribution in [0, 0.1) is 6.92 Å². The van der Waals surface area contributed by atoms with Crippen LogP contribution in [0.25, 0.3) is 0 Å². The maximum Gasteiger partial charge on any atom is 0.255 e. The Bertz CT molecular complexity index is 953. The lowest BCUT2D eigenvalue weighted by atomic mass is 9.99. The van der Waals surface area contributed by atoms with Crippen LogP contribution in [0.2, 0.25) is 0 Å². The third-order valence-corrected chi connectivity index (χ3v) is 5.11. The number of benzene rings is 2. The topological polar surface area (TPSA) is 45.2 Å². The molecule has 3 aromatic rings. The van der Waals surface area contributed by atoms with Crippen LogP contribution < -0.4 is 5.32 Å². The minimum Gasteiger partial charge on any atom is -0.320 e. The van der Waals surface area contributed by atoms with Crippen molar-refractivity contribution in [3.63, 3.8) is 0 Å². The second kappa shape index (κ2) is 7.72. The predicted octanol–water partition coefficient (Wildman–Crippen LogP) is 4.20.